The number of hydrogen-bond donors (Lipinski definition) is 0. The molecule has 0 radical (unpaired) electrons. The van der Waals surface area contributed by atoms with Crippen molar-refractivity contribution in [3.8, 4) is 0 Å². The molecule has 1 aromatic rings. The first-order chi connectivity index (χ1) is 8.96. The Hall–Kier alpha value is 0.190. The van der Waals surface area contributed by atoms with Gasteiger partial charge in [-0.3, -0.25) is 0 Å². The lowest BCUT2D eigenvalue weighted by Gasteiger charge is -2.36. The molecule has 7 heteroatoms. The minimum atomic E-state index is -3.50. The Morgan fingerprint density at radius 3 is 2.42 bits per heavy atom. The molecule has 1 aliphatic rings. The molecule has 0 bridgehead atoms. The molecule has 1 saturated carbocycles. The van der Waals surface area contributed by atoms with Gasteiger partial charge in [-0.15, -0.1) is 0 Å². The van der Waals surface area contributed by atoms with Crippen molar-refractivity contribution in [3.05, 3.63) is 28.2 Å². The molecule has 1 aliphatic carbocycles. The van der Waals surface area contributed by atoms with E-state index in [0.717, 1.165) is 19.3 Å². The Balaban J connectivity index is 2.35. The van der Waals surface area contributed by atoms with Gasteiger partial charge >= 0.3 is 0 Å². The summed E-state index contributed by atoms with van der Waals surface area (Å²) in [5.74, 6) is 0. The van der Waals surface area contributed by atoms with E-state index < -0.39 is 10.0 Å². The Kier molecular flexibility index (Phi) is 5.17. The summed E-state index contributed by atoms with van der Waals surface area (Å²) in [4.78, 5) is 0.203. The average Bonchev–Trinajstić information content (AvgIpc) is 2.29. The lowest BCUT2D eigenvalue weighted by Crippen LogP contribution is -2.45. The highest BCUT2D eigenvalue weighted by atomic mass is 79.9. The van der Waals surface area contributed by atoms with Crippen LogP contribution in [0.25, 0.3) is 0 Å². The van der Waals surface area contributed by atoms with Crippen LogP contribution in [-0.4, -0.2) is 30.6 Å². The number of hydrogen-bond acceptors (Lipinski definition) is 2. The molecule has 19 heavy (non-hydrogen) atoms. The van der Waals surface area contributed by atoms with Gasteiger partial charge in [-0.1, -0.05) is 45.6 Å². The van der Waals surface area contributed by atoms with Gasteiger partial charge in [-0.05, 0) is 31.0 Å². The summed E-state index contributed by atoms with van der Waals surface area (Å²) in [6.45, 7) is 0.466. The Labute approximate surface area is 132 Å². The molecule has 0 N–H and O–H groups in total. The van der Waals surface area contributed by atoms with Crippen LogP contribution in [0, 0.1) is 0 Å². The average molecular weight is 387 g/mol. The summed E-state index contributed by atoms with van der Waals surface area (Å²) >= 11 is 15.0. The van der Waals surface area contributed by atoms with Gasteiger partial charge < -0.3 is 0 Å². The van der Waals surface area contributed by atoms with E-state index in [1.54, 1.807) is 4.31 Å². The Morgan fingerprint density at radius 1 is 1.26 bits per heavy atom. The van der Waals surface area contributed by atoms with Crippen LogP contribution in [0.3, 0.4) is 0 Å². The van der Waals surface area contributed by atoms with Gasteiger partial charge in [0.25, 0.3) is 0 Å². The zero-order valence-corrected chi connectivity index (χ0v) is 14.1. The fourth-order valence-electron chi connectivity index (χ4n) is 2.03. The quantitative estimate of drug-likeness (QED) is 0.719. The van der Waals surface area contributed by atoms with Crippen LogP contribution in [0.2, 0.25) is 10.0 Å². The molecule has 0 aromatic heterocycles. The van der Waals surface area contributed by atoms with Crippen molar-refractivity contribution in [1.82, 2.24) is 4.31 Å². The molecule has 1 aromatic carbocycles. The van der Waals surface area contributed by atoms with Crippen molar-refractivity contribution in [2.24, 2.45) is 0 Å². The van der Waals surface area contributed by atoms with Crippen molar-refractivity contribution in [3.63, 3.8) is 0 Å². The third-order valence-corrected chi connectivity index (χ3v) is 6.33. The van der Waals surface area contributed by atoms with Gasteiger partial charge in [-0.25, -0.2) is 8.42 Å². The lowest BCUT2D eigenvalue weighted by molar-refractivity contribution is 0.228. The van der Waals surface area contributed by atoms with Crippen molar-refractivity contribution in [1.29, 1.82) is 0 Å². The van der Waals surface area contributed by atoms with Gasteiger partial charge in [0.15, 0.2) is 0 Å². The SMILES string of the molecule is O=S(=O)(c1ccc(Cl)c(Cl)c1)N(CCBr)C1CCC1. The molecular formula is C12H14BrCl2NO2S. The monoisotopic (exact) mass is 385 g/mol. The zero-order chi connectivity index (χ0) is 14.0. The highest BCUT2D eigenvalue weighted by Gasteiger charge is 2.34. The third-order valence-electron chi connectivity index (χ3n) is 3.28. The minimum absolute atomic E-state index is 0.108. The normalized spacial score (nSPS) is 16.6. The third kappa shape index (κ3) is 3.27. The second kappa shape index (κ2) is 6.31. The molecular weight excluding hydrogens is 373 g/mol. The van der Waals surface area contributed by atoms with Gasteiger partial charge in [0.2, 0.25) is 10.0 Å². The van der Waals surface area contributed by atoms with E-state index in [9.17, 15) is 8.42 Å². The van der Waals surface area contributed by atoms with Crippen LogP contribution in [0.4, 0.5) is 0 Å². The summed E-state index contributed by atoms with van der Waals surface area (Å²) in [7, 11) is -3.50. The minimum Gasteiger partial charge on any atom is -0.207 e. The van der Waals surface area contributed by atoms with Crippen LogP contribution >= 0.6 is 39.1 Å². The molecule has 0 heterocycles. The van der Waals surface area contributed by atoms with Gasteiger partial charge in [0.05, 0.1) is 14.9 Å². The molecule has 0 saturated heterocycles. The van der Waals surface area contributed by atoms with Crippen molar-refractivity contribution >= 4 is 49.2 Å². The van der Waals surface area contributed by atoms with E-state index in [2.05, 4.69) is 15.9 Å². The standard InChI is InChI=1S/C12H14BrCl2NO2S/c13-6-7-16(9-2-1-3-9)19(17,18)10-4-5-11(14)12(15)8-10/h4-5,8-9H,1-3,6-7H2. The van der Waals surface area contributed by atoms with Gasteiger partial charge in [0.1, 0.15) is 0 Å². The highest BCUT2D eigenvalue weighted by molar-refractivity contribution is 9.09. The molecule has 0 aliphatic heterocycles. The first-order valence-corrected chi connectivity index (χ1v) is 9.31. The molecule has 1 fully saturated rings. The predicted molar refractivity (Wildman–Crippen MR) is 81.8 cm³/mol. The first-order valence-electron chi connectivity index (χ1n) is 5.99. The second-order valence-corrected chi connectivity index (χ2v) is 7.96. The van der Waals surface area contributed by atoms with Crippen molar-refractivity contribution in [2.75, 3.05) is 11.9 Å². The summed E-state index contributed by atoms with van der Waals surface area (Å²) in [5.41, 5.74) is 0. The molecule has 0 amide bonds. The van der Waals surface area contributed by atoms with Crippen LogP contribution in [0.15, 0.2) is 23.1 Å². The fourth-order valence-corrected chi connectivity index (χ4v) is 4.72. The van der Waals surface area contributed by atoms with Gasteiger partial charge in [-0.2, -0.15) is 4.31 Å². The van der Waals surface area contributed by atoms with E-state index in [-0.39, 0.29) is 16.0 Å². The number of sulfonamides is 1. The van der Waals surface area contributed by atoms with E-state index in [4.69, 9.17) is 23.2 Å². The lowest BCUT2D eigenvalue weighted by atomic mass is 9.93. The topological polar surface area (TPSA) is 37.4 Å². The van der Waals surface area contributed by atoms with E-state index in [1.165, 1.54) is 18.2 Å². The molecule has 3 nitrogen and oxygen atoms in total. The van der Waals surface area contributed by atoms with E-state index >= 15 is 0 Å². The van der Waals surface area contributed by atoms with Crippen molar-refractivity contribution < 1.29 is 8.42 Å². The van der Waals surface area contributed by atoms with Crippen LogP contribution < -0.4 is 0 Å². The number of rotatable bonds is 5. The Bertz CT molecular complexity index is 561. The highest BCUT2D eigenvalue weighted by Crippen LogP contribution is 2.32. The summed E-state index contributed by atoms with van der Waals surface area (Å²) < 4.78 is 26.8. The first kappa shape index (κ1) is 15.6. The van der Waals surface area contributed by atoms with E-state index in [1.807, 2.05) is 0 Å². The predicted octanol–water partition coefficient (Wildman–Crippen LogP) is 3.93. The largest absolute Gasteiger partial charge is 0.243 e. The molecule has 2 rings (SSSR count). The summed E-state index contributed by atoms with van der Waals surface area (Å²) in [5, 5.41) is 1.23. The zero-order valence-electron chi connectivity index (χ0n) is 10.2. The second-order valence-electron chi connectivity index (χ2n) is 4.47. The van der Waals surface area contributed by atoms with Crippen LogP contribution in [0.1, 0.15) is 19.3 Å². The number of benzene rings is 1. The smallest absolute Gasteiger partial charge is 0.207 e. The molecule has 0 spiro atoms. The summed E-state index contributed by atoms with van der Waals surface area (Å²) in [6, 6.07) is 4.55. The molecule has 0 unspecified atom stereocenters. The van der Waals surface area contributed by atoms with Crippen LogP contribution in [-0.2, 0) is 10.0 Å². The molecule has 0 atom stereocenters. The van der Waals surface area contributed by atoms with Crippen molar-refractivity contribution in [2.45, 2.75) is 30.2 Å². The maximum absolute atomic E-state index is 12.6. The number of nitrogens with zero attached hydrogens (tertiary/aromatic N) is 1. The van der Waals surface area contributed by atoms with Crippen LogP contribution in [0.5, 0.6) is 0 Å². The maximum Gasteiger partial charge on any atom is 0.243 e. The number of halogens is 3. The van der Waals surface area contributed by atoms with Gasteiger partial charge in [0, 0.05) is 17.9 Å². The fraction of sp³-hybridized carbons (Fsp3) is 0.500. The maximum atomic E-state index is 12.6. The van der Waals surface area contributed by atoms with E-state index in [0.29, 0.717) is 16.9 Å². The molecule has 106 valence electrons. The number of alkyl halides is 1. The summed E-state index contributed by atoms with van der Waals surface area (Å²) in [6.07, 6.45) is 2.93. The Morgan fingerprint density at radius 2 is 1.95 bits per heavy atom.